The van der Waals surface area contributed by atoms with Gasteiger partial charge in [0.15, 0.2) is 0 Å². The topological polar surface area (TPSA) is 234 Å². The molecule has 0 saturated heterocycles. The van der Waals surface area contributed by atoms with Gasteiger partial charge in [0.25, 0.3) is 23.1 Å². The quantitative estimate of drug-likeness (QED) is 0.0264. The zero-order valence-corrected chi connectivity index (χ0v) is 81.2. The summed E-state index contributed by atoms with van der Waals surface area (Å²) < 4.78 is 134. The second-order valence-corrected chi connectivity index (χ2v) is 37.6. The number of ketones is 2. The lowest BCUT2D eigenvalue weighted by Crippen LogP contribution is -2.41. The highest BCUT2D eigenvalue weighted by Gasteiger charge is 2.38. The summed E-state index contributed by atoms with van der Waals surface area (Å²) in [7, 11) is 11.1. The number of carbonyl (C=O) groups excluding carboxylic acids is 5. The number of aryl methyl sites for hydroxylation is 10. The van der Waals surface area contributed by atoms with E-state index < -0.39 is 124 Å². The number of carbonyl (C=O) groups is 6. The Morgan fingerprint density at radius 1 is 0.421 bits per heavy atom. The van der Waals surface area contributed by atoms with Crippen LogP contribution in [0.4, 0.5) is 39.5 Å². The number of Topliss-reactive ketones (excluding diaryl/α,β-unsaturated/α-hetero) is 2. The maximum Gasteiger partial charge on any atom is 0.416 e. The Kier molecular flexibility index (Phi) is 39.2. The second kappa shape index (κ2) is 48.0. The molecular weight excluding hydrogens is 1720 g/mol. The highest BCUT2D eigenvalue weighted by atomic mass is 19.4. The van der Waals surface area contributed by atoms with Gasteiger partial charge in [-0.15, -0.1) is 0 Å². The highest BCUT2D eigenvalue weighted by Crippen LogP contribution is 2.40. The highest BCUT2D eigenvalue weighted by molar-refractivity contribution is 5.85. The van der Waals surface area contributed by atoms with E-state index in [4.69, 9.17) is 0 Å². The number of hydrogen-bond acceptors (Lipinski definition) is 12. The van der Waals surface area contributed by atoms with Crippen molar-refractivity contribution in [3.05, 3.63) is 276 Å². The Morgan fingerprint density at radius 3 is 1.27 bits per heavy atom. The zero-order chi connectivity index (χ0) is 99.6. The van der Waals surface area contributed by atoms with Crippen molar-refractivity contribution in [1.29, 1.82) is 0 Å². The van der Waals surface area contributed by atoms with E-state index >= 15 is 13.2 Å². The van der Waals surface area contributed by atoms with E-state index in [0.717, 1.165) is 84.8 Å². The molecule has 0 spiro atoms. The summed E-state index contributed by atoms with van der Waals surface area (Å²) in [6, 6.07) is 21.1. The molecule has 133 heavy (non-hydrogen) atoms. The van der Waals surface area contributed by atoms with Crippen molar-refractivity contribution in [3.63, 3.8) is 0 Å². The number of pyridine rings is 3. The molecule has 3 heterocycles. The number of carboxylic acid groups (broad SMARTS) is 1. The van der Waals surface area contributed by atoms with Crippen molar-refractivity contribution in [2.75, 3.05) is 61.9 Å². The molecule has 6 aromatic carbocycles. The van der Waals surface area contributed by atoms with Gasteiger partial charge in [0, 0.05) is 79.9 Å². The van der Waals surface area contributed by atoms with Crippen LogP contribution in [0.3, 0.4) is 0 Å². The van der Waals surface area contributed by atoms with E-state index in [1.165, 1.54) is 48.9 Å². The van der Waals surface area contributed by atoms with Crippen molar-refractivity contribution in [3.8, 4) is 33.4 Å². The standard InChI is InChI=1S/C36H48FN3O3.C35H43F4N3O3.C34H41F4N3O4/c1-22(2)13-14-32(40-21-28(15-16-39(8)9)25(5)18-33(40)42)36(43)38-31(19-27(7)41)30-20-29(17-26(6)35(30)37)34-23(3)11-10-12-24(34)4;1-19(2)11-30(42-18-24(9-10-41(7)8)16-28(33(38)39)35(42)45)34(44)40-29(15-23(6)43)27-17-25(12-22(5)32(27)37)31-20(3)13-26(36)14-21(31)4;1-19(2)12-29(41-18-23(10-11-40(6)7)27(16-30(41)42)34(36,37)38)33(45)39-28(17-31(43)44)26-15-24(14-22(5)32(26)35)25-9-8-20(3)13-21(25)4/h10-12,17-18,20-22,31-32H,13-16,19H2,1-9H3,(H,38,43);12-14,16-19,29-30,33H,9-11,15H2,1-8H3,(H,40,44);8-9,13-16,18-19,28-29H,10-12,17H2,1-7H3,(H,39,45)(H,43,44)/t31-,32-;29-,30-;28-,29-/m000/s1. The van der Waals surface area contributed by atoms with Crippen LogP contribution in [0.5, 0.6) is 0 Å². The Morgan fingerprint density at radius 2 is 0.835 bits per heavy atom. The van der Waals surface area contributed by atoms with Crippen molar-refractivity contribution >= 4 is 35.3 Å². The smallest absolute Gasteiger partial charge is 0.416 e. The maximum absolute atomic E-state index is 15.8. The Bertz CT molecular complexity index is 5830. The van der Waals surface area contributed by atoms with Gasteiger partial charge in [-0.2, -0.15) is 13.2 Å². The minimum Gasteiger partial charge on any atom is -0.481 e. The molecule has 720 valence electrons. The molecule has 0 aliphatic rings. The van der Waals surface area contributed by atoms with Crippen molar-refractivity contribution in [2.24, 2.45) is 17.8 Å². The first-order chi connectivity index (χ1) is 62.1. The van der Waals surface area contributed by atoms with Crippen LogP contribution in [0.25, 0.3) is 33.4 Å². The third-order valence-electron chi connectivity index (χ3n) is 23.6. The molecule has 0 aliphatic heterocycles. The summed E-state index contributed by atoms with van der Waals surface area (Å²) >= 11 is 0. The fraction of sp³-hybridized carbons (Fsp3) is 0.457. The summed E-state index contributed by atoms with van der Waals surface area (Å²) in [5.41, 5.74) is 9.33. The number of halogens is 9. The van der Waals surface area contributed by atoms with E-state index in [1.807, 2.05) is 124 Å². The number of rotatable bonds is 38. The SMILES string of the molecule is CC(=O)C[C@H](NC(=O)[C@H](CC(C)C)n1cc(CCN(C)C)cc(C(F)F)c1=O)c1cc(-c2c(C)cc(F)cc2C)cc(C)c1F.CC(=O)C[C@H](NC(=O)[C@H](CCC(C)C)n1cc(CCN(C)C)c(C)cc1=O)c1cc(-c2c(C)cccc2C)cc(C)c1F.Cc1ccc(-c2cc(C)c(F)c([C@H](CC(=O)O)NC(=O)[C@H](CC(C)C)n3cc(CCN(C)C)c(C(F)(F)F)cc3=O)c2)c(C)c1. The molecule has 0 bridgehead atoms. The van der Waals surface area contributed by atoms with Gasteiger partial charge in [0.2, 0.25) is 17.7 Å². The summed E-state index contributed by atoms with van der Waals surface area (Å²) in [6.45, 7) is 33.8. The largest absolute Gasteiger partial charge is 0.481 e. The van der Waals surface area contributed by atoms with Crippen LogP contribution in [0.1, 0.15) is 243 Å². The summed E-state index contributed by atoms with van der Waals surface area (Å²) in [4.78, 5) is 124. The predicted molar refractivity (Wildman–Crippen MR) is 507 cm³/mol. The lowest BCUT2D eigenvalue weighted by Gasteiger charge is -2.27. The van der Waals surface area contributed by atoms with E-state index in [9.17, 15) is 74.6 Å². The van der Waals surface area contributed by atoms with Gasteiger partial charge in [0.1, 0.15) is 53.0 Å². The normalized spacial score (nSPS) is 13.1. The average molecular weight is 1850 g/mol. The molecule has 0 fully saturated rings. The first kappa shape index (κ1) is 109. The molecule has 3 aromatic heterocycles. The summed E-state index contributed by atoms with van der Waals surface area (Å²) in [5.74, 6) is -5.82. The van der Waals surface area contributed by atoms with E-state index in [-0.39, 0.29) is 101 Å². The lowest BCUT2D eigenvalue weighted by atomic mass is 9.90. The van der Waals surface area contributed by atoms with Gasteiger partial charge in [-0.05, 0) is 343 Å². The van der Waals surface area contributed by atoms with Crippen LogP contribution in [-0.2, 0) is 54.2 Å². The number of aromatic nitrogens is 3. The van der Waals surface area contributed by atoms with E-state index in [2.05, 4.69) is 34.7 Å². The van der Waals surface area contributed by atoms with Crippen LogP contribution in [-0.4, -0.2) is 131 Å². The molecule has 19 nitrogen and oxygen atoms in total. The van der Waals surface area contributed by atoms with Gasteiger partial charge in [-0.25, -0.2) is 26.3 Å². The molecule has 9 aromatic rings. The molecular formula is C105H132F9N9O10. The van der Waals surface area contributed by atoms with Crippen molar-refractivity contribution in [1.82, 2.24) is 44.4 Å². The van der Waals surface area contributed by atoms with Gasteiger partial charge >= 0.3 is 12.1 Å². The fourth-order valence-electron chi connectivity index (χ4n) is 16.9. The van der Waals surface area contributed by atoms with Crippen LogP contribution < -0.4 is 32.6 Å². The molecule has 6 atom stereocenters. The fourth-order valence-corrected chi connectivity index (χ4v) is 16.9. The van der Waals surface area contributed by atoms with Crippen LogP contribution in [0.15, 0.2) is 136 Å². The molecule has 3 amide bonds. The zero-order valence-electron chi connectivity index (χ0n) is 81.2. The molecule has 4 N–H and O–H groups in total. The molecule has 0 saturated carbocycles. The van der Waals surface area contributed by atoms with Gasteiger partial charge in [-0.3, -0.25) is 43.2 Å². The Balaban J connectivity index is 0.000000272. The minimum atomic E-state index is -4.78. The second-order valence-electron chi connectivity index (χ2n) is 37.6. The van der Waals surface area contributed by atoms with E-state index in [1.54, 1.807) is 104 Å². The minimum absolute atomic E-state index is 0.0323. The number of benzene rings is 6. The molecule has 0 radical (unpaired) electrons. The van der Waals surface area contributed by atoms with Gasteiger partial charge < -0.3 is 49.5 Å². The first-order valence-corrected chi connectivity index (χ1v) is 45.0. The van der Waals surface area contributed by atoms with Crippen molar-refractivity contribution < 1.29 is 73.4 Å². The third-order valence-corrected chi connectivity index (χ3v) is 23.6. The summed E-state index contributed by atoms with van der Waals surface area (Å²) in [5, 5.41) is 18.2. The number of carboxylic acids is 1. The Hall–Kier alpha value is -11.4. The maximum atomic E-state index is 15.8. The number of likely N-dealkylation sites (N-methyl/N-ethyl adjacent to an activating group) is 3. The van der Waals surface area contributed by atoms with E-state index in [0.29, 0.717) is 70.3 Å². The molecule has 0 unspecified atom stereocenters. The number of nitrogens with one attached hydrogen (secondary N) is 3. The van der Waals surface area contributed by atoms with Crippen LogP contribution in [0.2, 0.25) is 0 Å². The lowest BCUT2D eigenvalue weighted by molar-refractivity contribution is -0.139. The number of alkyl halides is 5. The number of aliphatic carboxylic acids is 1. The van der Waals surface area contributed by atoms with Gasteiger partial charge in [0.05, 0.1) is 35.7 Å². The summed E-state index contributed by atoms with van der Waals surface area (Å²) in [6.07, 6.45) is -2.06. The molecule has 28 heteroatoms. The van der Waals surface area contributed by atoms with Crippen molar-refractivity contribution in [2.45, 2.75) is 238 Å². The number of nitrogens with zero attached hydrogens (tertiary/aromatic N) is 6. The Labute approximate surface area is 776 Å². The number of hydrogen-bond donors (Lipinski definition) is 4. The predicted octanol–water partition coefficient (Wildman–Crippen LogP) is 20.6. The number of amides is 3. The molecule has 0 aliphatic carbocycles. The van der Waals surface area contributed by atoms with Crippen LogP contribution >= 0.6 is 0 Å². The average Bonchev–Trinajstić information content (AvgIpc) is 0.798. The molecule has 9 rings (SSSR count). The third kappa shape index (κ3) is 30.1. The van der Waals surface area contributed by atoms with Crippen LogP contribution in [0, 0.1) is 110 Å². The van der Waals surface area contributed by atoms with Gasteiger partial charge in [-0.1, -0.05) is 83.5 Å². The monoisotopic (exact) mass is 1850 g/mol. The first-order valence-electron chi connectivity index (χ1n) is 45.0.